The Labute approximate surface area is 128 Å². The molecule has 122 valence electrons. The van der Waals surface area contributed by atoms with Gasteiger partial charge in [-0.1, -0.05) is 19.3 Å². The summed E-state index contributed by atoms with van der Waals surface area (Å²) in [4.78, 5) is 11.8. The van der Waals surface area contributed by atoms with Gasteiger partial charge in [-0.25, -0.2) is 0 Å². The number of methoxy groups -OCH3 is 1. The van der Waals surface area contributed by atoms with E-state index in [1.165, 1.54) is 38.5 Å². The maximum absolute atomic E-state index is 11.8. The maximum atomic E-state index is 11.8. The van der Waals surface area contributed by atoms with Gasteiger partial charge in [0.1, 0.15) is 0 Å². The number of rotatable bonds is 7. The van der Waals surface area contributed by atoms with Crippen LogP contribution in [0.5, 0.6) is 0 Å². The maximum Gasteiger partial charge on any atom is 0.236 e. The van der Waals surface area contributed by atoms with E-state index in [2.05, 4.69) is 10.6 Å². The fourth-order valence-corrected chi connectivity index (χ4v) is 3.43. The predicted molar refractivity (Wildman–Crippen MR) is 82.3 cm³/mol. The summed E-state index contributed by atoms with van der Waals surface area (Å²) in [7, 11) is 1.63. The van der Waals surface area contributed by atoms with Crippen LogP contribution < -0.4 is 10.6 Å². The van der Waals surface area contributed by atoms with Gasteiger partial charge in [0.05, 0.1) is 24.4 Å². The number of hydrogen-bond donors (Lipinski definition) is 2. The number of carbonyl (C=O) groups is 1. The molecule has 0 aromatic heterocycles. The Balaban J connectivity index is 1.65. The third kappa shape index (κ3) is 4.94. The van der Waals surface area contributed by atoms with Crippen molar-refractivity contribution in [3.05, 3.63) is 0 Å². The van der Waals surface area contributed by atoms with Crippen LogP contribution in [0.2, 0.25) is 0 Å². The zero-order valence-corrected chi connectivity index (χ0v) is 13.5. The lowest BCUT2D eigenvalue weighted by Gasteiger charge is -2.33. The van der Waals surface area contributed by atoms with Crippen LogP contribution in [-0.4, -0.2) is 50.5 Å². The molecule has 1 spiro atoms. The minimum absolute atomic E-state index is 0.0254. The first-order valence-electron chi connectivity index (χ1n) is 8.33. The number of hydrogen-bond acceptors (Lipinski definition) is 4. The van der Waals surface area contributed by atoms with Crippen LogP contribution in [0.15, 0.2) is 0 Å². The molecule has 5 nitrogen and oxygen atoms in total. The van der Waals surface area contributed by atoms with Crippen molar-refractivity contribution < 1.29 is 14.3 Å². The second kappa shape index (κ2) is 8.11. The van der Waals surface area contributed by atoms with Gasteiger partial charge >= 0.3 is 0 Å². The molecule has 0 bridgehead atoms. The van der Waals surface area contributed by atoms with Crippen molar-refractivity contribution in [3.63, 3.8) is 0 Å². The molecule has 2 atom stereocenters. The van der Waals surface area contributed by atoms with E-state index in [-0.39, 0.29) is 23.7 Å². The molecule has 2 unspecified atom stereocenters. The number of ether oxygens (including phenoxy) is 2. The summed E-state index contributed by atoms with van der Waals surface area (Å²) < 4.78 is 11.2. The lowest BCUT2D eigenvalue weighted by atomic mass is 9.83. The van der Waals surface area contributed by atoms with Crippen molar-refractivity contribution in [1.29, 1.82) is 0 Å². The van der Waals surface area contributed by atoms with E-state index in [0.29, 0.717) is 13.2 Å². The molecule has 1 heterocycles. The highest BCUT2D eigenvalue weighted by Gasteiger charge is 2.40. The quantitative estimate of drug-likeness (QED) is 0.701. The van der Waals surface area contributed by atoms with Crippen molar-refractivity contribution >= 4 is 5.91 Å². The van der Waals surface area contributed by atoms with Crippen LogP contribution in [0, 0.1) is 0 Å². The van der Waals surface area contributed by atoms with Gasteiger partial charge in [0, 0.05) is 20.2 Å². The van der Waals surface area contributed by atoms with Crippen molar-refractivity contribution in [2.45, 2.75) is 69.6 Å². The van der Waals surface area contributed by atoms with Crippen LogP contribution >= 0.6 is 0 Å². The second-order valence-electron chi connectivity index (χ2n) is 6.44. The summed E-state index contributed by atoms with van der Waals surface area (Å²) in [6, 6.07) is -0.187. The van der Waals surface area contributed by atoms with E-state index >= 15 is 0 Å². The highest BCUT2D eigenvalue weighted by Crippen LogP contribution is 2.41. The monoisotopic (exact) mass is 298 g/mol. The van der Waals surface area contributed by atoms with E-state index in [4.69, 9.17) is 9.47 Å². The summed E-state index contributed by atoms with van der Waals surface area (Å²) >= 11 is 0. The molecule has 0 radical (unpaired) electrons. The van der Waals surface area contributed by atoms with E-state index in [1.807, 2.05) is 6.92 Å². The molecule has 2 N–H and O–H groups in total. The summed E-state index contributed by atoms with van der Waals surface area (Å²) in [6.07, 6.45) is 8.97. The Morgan fingerprint density at radius 1 is 1.33 bits per heavy atom. The minimum atomic E-state index is -0.187. The molecule has 1 saturated carbocycles. The third-order valence-corrected chi connectivity index (χ3v) is 4.75. The lowest BCUT2D eigenvalue weighted by molar-refractivity contribution is -0.123. The zero-order valence-electron chi connectivity index (χ0n) is 13.5. The minimum Gasteiger partial charge on any atom is -0.383 e. The molecular formula is C16H30N2O3. The molecule has 2 aliphatic rings. The van der Waals surface area contributed by atoms with Gasteiger partial charge in [-0.05, 0) is 32.6 Å². The molecule has 0 aromatic rings. The Kier molecular flexibility index (Phi) is 6.45. The van der Waals surface area contributed by atoms with Crippen molar-refractivity contribution in [2.24, 2.45) is 0 Å². The van der Waals surface area contributed by atoms with E-state index in [1.54, 1.807) is 7.11 Å². The van der Waals surface area contributed by atoms with Gasteiger partial charge < -0.3 is 20.1 Å². The smallest absolute Gasteiger partial charge is 0.236 e. The molecule has 5 heteroatoms. The summed E-state index contributed by atoms with van der Waals surface area (Å²) in [5, 5.41) is 6.14. The Hall–Kier alpha value is -0.650. The first-order chi connectivity index (χ1) is 10.2. The van der Waals surface area contributed by atoms with Gasteiger partial charge in [0.15, 0.2) is 0 Å². The van der Waals surface area contributed by atoms with Crippen molar-refractivity contribution in [2.75, 3.05) is 26.8 Å². The van der Waals surface area contributed by atoms with Crippen LogP contribution in [0.4, 0.5) is 0 Å². The molecule has 21 heavy (non-hydrogen) atoms. The van der Waals surface area contributed by atoms with Gasteiger partial charge in [-0.3, -0.25) is 4.79 Å². The summed E-state index contributed by atoms with van der Waals surface area (Å²) in [6.45, 7) is 3.77. The van der Waals surface area contributed by atoms with Crippen LogP contribution in [0.25, 0.3) is 0 Å². The first-order valence-corrected chi connectivity index (χ1v) is 8.33. The highest BCUT2D eigenvalue weighted by atomic mass is 16.5. The highest BCUT2D eigenvalue weighted by molar-refractivity contribution is 5.81. The summed E-state index contributed by atoms with van der Waals surface area (Å²) in [5.74, 6) is 0.0254. The van der Waals surface area contributed by atoms with E-state index in [9.17, 15) is 4.79 Å². The normalized spacial score (nSPS) is 25.9. The molecule has 1 saturated heterocycles. The average molecular weight is 298 g/mol. The van der Waals surface area contributed by atoms with Crippen LogP contribution in [0.3, 0.4) is 0 Å². The van der Waals surface area contributed by atoms with Crippen LogP contribution in [-0.2, 0) is 14.3 Å². The Morgan fingerprint density at radius 2 is 2.10 bits per heavy atom. The topological polar surface area (TPSA) is 59.6 Å². The number of amides is 1. The molecule has 1 amide bonds. The summed E-state index contributed by atoms with van der Waals surface area (Å²) in [5.41, 5.74) is 0.161. The lowest BCUT2D eigenvalue weighted by Crippen LogP contribution is -2.45. The molecule has 2 rings (SSSR count). The number of carbonyl (C=O) groups excluding carboxylic acids is 1. The van der Waals surface area contributed by atoms with Crippen molar-refractivity contribution in [1.82, 2.24) is 10.6 Å². The molecule has 0 aromatic carbocycles. The Bertz CT molecular complexity index is 329. The Morgan fingerprint density at radius 3 is 2.81 bits per heavy atom. The fraction of sp³-hybridized carbons (Fsp3) is 0.938. The third-order valence-electron chi connectivity index (χ3n) is 4.75. The molecule has 1 aliphatic carbocycles. The largest absolute Gasteiger partial charge is 0.383 e. The standard InChI is InChI=1S/C16H30N2O3/c1-13(15(19)17-10-11-20-2)18-12-14-6-9-16(21-14)7-4-3-5-8-16/h13-14,18H,3-12H2,1-2H3,(H,17,19). The molecular weight excluding hydrogens is 268 g/mol. The van der Waals surface area contributed by atoms with Crippen molar-refractivity contribution in [3.8, 4) is 0 Å². The average Bonchev–Trinajstić information content (AvgIpc) is 2.88. The van der Waals surface area contributed by atoms with Gasteiger partial charge in [0.25, 0.3) is 0 Å². The second-order valence-corrected chi connectivity index (χ2v) is 6.44. The van der Waals surface area contributed by atoms with E-state index in [0.717, 1.165) is 13.0 Å². The molecule has 1 aliphatic heterocycles. The molecule has 2 fully saturated rings. The van der Waals surface area contributed by atoms with Gasteiger partial charge in [-0.15, -0.1) is 0 Å². The predicted octanol–water partition coefficient (Wildman–Crippen LogP) is 1.61. The zero-order chi connectivity index (χ0) is 15.1. The van der Waals surface area contributed by atoms with E-state index < -0.39 is 0 Å². The van der Waals surface area contributed by atoms with Crippen LogP contribution in [0.1, 0.15) is 51.9 Å². The SMILES string of the molecule is COCCNC(=O)C(C)NCC1CCC2(CCCCC2)O1. The number of nitrogens with one attached hydrogen (secondary N) is 2. The fourth-order valence-electron chi connectivity index (χ4n) is 3.43. The van der Waals surface area contributed by atoms with Gasteiger partial charge in [-0.2, -0.15) is 0 Å². The first kappa shape index (κ1) is 16.7. The van der Waals surface area contributed by atoms with Gasteiger partial charge in [0.2, 0.25) is 5.91 Å².